The highest BCUT2D eigenvalue weighted by atomic mass is 15.3. The van der Waals surface area contributed by atoms with Crippen molar-refractivity contribution in [3.63, 3.8) is 0 Å². The van der Waals surface area contributed by atoms with Crippen LogP contribution < -0.4 is 5.32 Å². The molecule has 1 unspecified atom stereocenters. The first kappa shape index (κ1) is 11.6. The molecule has 0 radical (unpaired) electrons. The summed E-state index contributed by atoms with van der Waals surface area (Å²) in [6.45, 7) is 5.57. The van der Waals surface area contributed by atoms with E-state index in [0.717, 1.165) is 24.6 Å². The van der Waals surface area contributed by atoms with Gasteiger partial charge in [0.05, 0.1) is 5.69 Å². The van der Waals surface area contributed by atoms with Crippen molar-refractivity contribution in [2.75, 3.05) is 13.6 Å². The number of nitrogens with one attached hydrogen (secondary N) is 1. The summed E-state index contributed by atoms with van der Waals surface area (Å²) in [5.74, 6) is 0.898. The van der Waals surface area contributed by atoms with E-state index in [0.29, 0.717) is 5.41 Å². The minimum atomic E-state index is 0.398. The van der Waals surface area contributed by atoms with Gasteiger partial charge in [-0.3, -0.25) is 4.68 Å². The van der Waals surface area contributed by atoms with Gasteiger partial charge in [-0.05, 0) is 50.6 Å². The summed E-state index contributed by atoms with van der Waals surface area (Å²) in [6.07, 6.45) is 3.93. The highest BCUT2D eigenvalue weighted by Crippen LogP contribution is 2.46. The largest absolute Gasteiger partial charge is 0.319 e. The molecule has 0 amide bonds. The Balaban J connectivity index is 2.13. The lowest BCUT2D eigenvalue weighted by molar-refractivity contribution is 0.257. The second-order valence-electron chi connectivity index (χ2n) is 5.54. The molecule has 3 nitrogen and oxygen atoms in total. The highest BCUT2D eigenvalue weighted by molar-refractivity contribution is 5.12. The quantitative estimate of drug-likeness (QED) is 0.823. The molecule has 0 aliphatic heterocycles. The van der Waals surface area contributed by atoms with Crippen molar-refractivity contribution in [3.05, 3.63) is 17.5 Å². The molecule has 1 fully saturated rings. The number of nitrogens with zero attached hydrogens (tertiary/aromatic N) is 2. The Morgan fingerprint density at radius 3 is 2.69 bits per heavy atom. The average Bonchev–Trinajstić information content (AvgIpc) is 2.96. The first-order valence-corrected chi connectivity index (χ1v) is 6.19. The van der Waals surface area contributed by atoms with E-state index in [1.165, 1.54) is 18.5 Å². The second-order valence-corrected chi connectivity index (χ2v) is 5.54. The summed E-state index contributed by atoms with van der Waals surface area (Å²) in [7, 11) is 4.10. The Labute approximate surface area is 98.2 Å². The normalized spacial score (nSPS) is 19.8. The Morgan fingerprint density at radius 1 is 1.56 bits per heavy atom. The SMILES string of the molecule is CNCC(C)(Cc1cc(C)nn1C)C1CC1. The maximum Gasteiger partial charge on any atom is 0.0596 e. The number of hydrogen-bond acceptors (Lipinski definition) is 2. The average molecular weight is 221 g/mol. The fourth-order valence-electron chi connectivity index (χ4n) is 2.78. The van der Waals surface area contributed by atoms with Crippen molar-refractivity contribution >= 4 is 0 Å². The van der Waals surface area contributed by atoms with Gasteiger partial charge >= 0.3 is 0 Å². The van der Waals surface area contributed by atoms with E-state index in [1.54, 1.807) is 0 Å². The van der Waals surface area contributed by atoms with Crippen molar-refractivity contribution in [1.29, 1.82) is 0 Å². The molecular weight excluding hydrogens is 198 g/mol. The smallest absolute Gasteiger partial charge is 0.0596 e. The van der Waals surface area contributed by atoms with Gasteiger partial charge < -0.3 is 5.32 Å². The second kappa shape index (κ2) is 4.21. The molecular formula is C13H23N3. The van der Waals surface area contributed by atoms with Gasteiger partial charge in [0.25, 0.3) is 0 Å². The third kappa shape index (κ3) is 2.29. The summed E-state index contributed by atoms with van der Waals surface area (Å²) < 4.78 is 2.03. The van der Waals surface area contributed by atoms with Crippen LogP contribution in [0.5, 0.6) is 0 Å². The van der Waals surface area contributed by atoms with Gasteiger partial charge in [-0.25, -0.2) is 0 Å². The Bertz CT molecular complexity index is 365. The molecule has 1 aromatic heterocycles. The molecule has 3 heteroatoms. The molecule has 0 aromatic carbocycles. The third-order valence-electron chi connectivity index (χ3n) is 3.83. The molecule has 1 aromatic rings. The van der Waals surface area contributed by atoms with Crippen LogP contribution >= 0.6 is 0 Å². The van der Waals surface area contributed by atoms with E-state index in [2.05, 4.69) is 44.4 Å². The van der Waals surface area contributed by atoms with Crippen LogP contribution in [0.3, 0.4) is 0 Å². The molecule has 1 N–H and O–H groups in total. The minimum Gasteiger partial charge on any atom is -0.319 e. The molecule has 2 rings (SSSR count). The lowest BCUT2D eigenvalue weighted by atomic mass is 9.80. The van der Waals surface area contributed by atoms with Crippen LogP contribution in [-0.2, 0) is 13.5 Å². The van der Waals surface area contributed by atoms with E-state index >= 15 is 0 Å². The standard InChI is InChI=1S/C13H23N3/c1-10-7-12(16(4)15-10)8-13(2,9-14-3)11-5-6-11/h7,11,14H,5-6,8-9H2,1-4H3. The van der Waals surface area contributed by atoms with Gasteiger partial charge in [0.1, 0.15) is 0 Å². The van der Waals surface area contributed by atoms with Crippen molar-refractivity contribution in [3.8, 4) is 0 Å². The fourth-order valence-corrected chi connectivity index (χ4v) is 2.78. The predicted octanol–water partition coefficient (Wildman–Crippen LogP) is 1.91. The van der Waals surface area contributed by atoms with Crippen LogP contribution in [0.4, 0.5) is 0 Å². The Morgan fingerprint density at radius 2 is 2.25 bits per heavy atom. The van der Waals surface area contributed by atoms with Gasteiger partial charge in [0, 0.05) is 19.3 Å². The zero-order chi connectivity index (χ0) is 11.8. The maximum atomic E-state index is 4.43. The monoisotopic (exact) mass is 221 g/mol. The van der Waals surface area contributed by atoms with E-state index < -0.39 is 0 Å². The molecule has 0 bridgehead atoms. The van der Waals surface area contributed by atoms with Crippen LogP contribution in [0, 0.1) is 18.3 Å². The van der Waals surface area contributed by atoms with Gasteiger partial charge in [-0.15, -0.1) is 0 Å². The molecule has 1 atom stereocenters. The predicted molar refractivity (Wildman–Crippen MR) is 66.4 cm³/mol. The van der Waals surface area contributed by atoms with Crippen LogP contribution in [0.25, 0.3) is 0 Å². The summed E-state index contributed by atoms with van der Waals surface area (Å²) >= 11 is 0. The van der Waals surface area contributed by atoms with E-state index in [4.69, 9.17) is 0 Å². The third-order valence-corrected chi connectivity index (χ3v) is 3.83. The molecule has 16 heavy (non-hydrogen) atoms. The summed E-state index contributed by atoms with van der Waals surface area (Å²) in [6, 6.07) is 2.22. The van der Waals surface area contributed by atoms with Crippen LogP contribution in [0.2, 0.25) is 0 Å². The van der Waals surface area contributed by atoms with Crippen LogP contribution in [0.15, 0.2) is 6.07 Å². The number of hydrogen-bond donors (Lipinski definition) is 1. The number of rotatable bonds is 5. The number of aromatic nitrogens is 2. The van der Waals surface area contributed by atoms with E-state index in [9.17, 15) is 0 Å². The highest BCUT2D eigenvalue weighted by Gasteiger charge is 2.41. The number of aryl methyl sites for hydroxylation is 2. The molecule has 90 valence electrons. The molecule has 0 spiro atoms. The summed E-state index contributed by atoms with van der Waals surface area (Å²) in [4.78, 5) is 0. The molecule has 0 saturated heterocycles. The molecule has 1 aliphatic carbocycles. The Kier molecular flexibility index (Phi) is 3.06. The van der Waals surface area contributed by atoms with E-state index in [1.807, 2.05) is 4.68 Å². The van der Waals surface area contributed by atoms with Gasteiger partial charge in [0.15, 0.2) is 0 Å². The van der Waals surface area contributed by atoms with E-state index in [-0.39, 0.29) is 0 Å². The van der Waals surface area contributed by atoms with Crippen molar-refractivity contribution in [1.82, 2.24) is 15.1 Å². The van der Waals surface area contributed by atoms with Crippen LogP contribution in [0.1, 0.15) is 31.2 Å². The zero-order valence-electron chi connectivity index (χ0n) is 10.9. The van der Waals surface area contributed by atoms with Crippen molar-refractivity contribution in [2.45, 2.75) is 33.1 Å². The molecule has 1 saturated carbocycles. The van der Waals surface area contributed by atoms with Gasteiger partial charge in [0.2, 0.25) is 0 Å². The first-order chi connectivity index (χ1) is 7.55. The lowest BCUT2D eigenvalue weighted by Crippen LogP contribution is -2.34. The van der Waals surface area contributed by atoms with Gasteiger partial charge in [-0.1, -0.05) is 6.92 Å². The van der Waals surface area contributed by atoms with Crippen molar-refractivity contribution in [2.24, 2.45) is 18.4 Å². The topological polar surface area (TPSA) is 29.9 Å². The minimum absolute atomic E-state index is 0.398. The maximum absolute atomic E-state index is 4.43. The summed E-state index contributed by atoms with van der Waals surface area (Å²) in [5.41, 5.74) is 2.89. The van der Waals surface area contributed by atoms with Gasteiger partial charge in [-0.2, -0.15) is 5.10 Å². The first-order valence-electron chi connectivity index (χ1n) is 6.19. The van der Waals surface area contributed by atoms with Crippen LogP contribution in [-0.4, -0.2) is 23.4 Å². The summed E-state index contributed by atoms with van der Waals surface area (Å²) in [5, 5.41) is 7.78. The lowest BCUT2D eigenvalue weighted by Gasteiger charge is -2.29. The molecule has 1 aliphatic rings. The Hall–Kier alpha value is -0.830. The van der Waals surface area contributed by atoms with Crippen molar-refractivity contribution < 1.29 is 0 Å². The molecule has 1 heterocycles. The fraction of sp³-hybridized carbons (Fsp3) is 0.769. The zero-order valence-corrected chi connectivity index (χ0v) is 10.9.